The highest BCUT2D eigenvalue weighted by molar-refractivity contribution is 7.91. The van der Waals surface area contributed by atoms with Gasteiger partial charge in [-0.3, -0.25) is 0 Å². The molecule has 0 bridgehead atoms. The van der Waals surface area contributed by atoms with E-state index < -0.39 is 10.0 Å². The third-order valence-corrected chi connectivity index (χ3v) is 4.99. The minimum absolute atomic E-state index is 0.0386. The van der Waals surface area contributed by atoms with E-state index in [4.69, 9.17) is 5.73 Å². The van der Waals surface area contributed by atoms with Gasteiger partial charge in [-0.25, -0.2) is 13.1 Å². The van der Waals surface area contributed by atoms with Gasteiger partial charge in [-0.2, -0.15) is 0 Å². The zero-order valence-corrected chi connectivity index (χ0v) is 10.5. The van der Waals surface area contributed by atoms with Crippen LogP contribution in [0.4, 0.5) is 5.69 Å². The Bertz CT molecular complexity index is 412. The monoisotopic (exact) mass is 248 g/mol. The van der Waals surface area contributed by atoms with Crippen LogP contribution in [0.1, 0.15) is 26.7 Å². The largest absolute Gasteiger partial charge is 0.398 e. The lowest BCUT2D eigenvalue weighted by atomic mass is 10.2. The maximum atomic E-state index is 11.8. The lowest BCUT2D eigenvalue weighted by molar-refractivity contribution is 0.545. The number of rotatable bonds is 5. The minimum atomic E-state index is -3.37. The summed E-state index contributed by atoms with van der Waals surface area (Å²) in [6.07, 6.45) is 1.79. The van der Waals surface area contributed by atoms with Crippen LogP contribution in [0.2, 0.25) is 0 Å². The Morgan fingerprint density at radius 2 is 2.27 bits per heavy atom. The molecule has 3 N–H and O–H groups in total. The first-order valence-corrected chi connectivity index (χ1v) is 7.18. The molecule has 1 heterocycles. The lowest BCUT2D eigenvalue weighted by Gasteiger charge is -2.11. The summed E-state index contributed by atoms with van der Waals surface area (Å²) in [6, 6.07) is 1.44. The molecule has 0 aliphatic carbocycles. The molecule has 0 aliphatic heterocycles. The Balaban J connectivity index is 2.76. The summed E-state index contributed by atoms with van der Waals surface area (Å²) in [7, 11) is -3.37. The third kappa shape index (κ3) is 3.48. The summed E-state index contributed by atoms with van der Waals surface area (Å²) in [5, 5.41) is 1.62. The molecule has 15 heavy (non-hydrogen) atoms. The highest BCUT2D eigenvalue weighted by atomic mass is 32.2. The Morgan fingerprint density at radius 1 is 1.60 bits per heavy atom. The maximum absolute atomic E-state index is 11.8. The second kappa shape index (κ2) is 4.96. The summed E-state index contributed by atoms with van der Waals surface area (Å²) in [6.45, 7) is 3.88. The molecule has 0 spiro atoms. The molecule has 1 atom stereocenters. The molecule has 0 amide bonds. The van der Waals surface area contributed by atoms with Crippen molar-refractivity contribution in [3.8, 4) is 0 Å². The van der Waals surface area contributed by atoms with Gasteiger partial charge in [-0.15, -0.1) is 11.3 Å². The molecule has 86 valence electrons. The van der Waals surface area contributed by atoms with Gasteiger partial charge in [0.1, 0.15) is 4.21 Å². The number of anilines is 1. The smallest absolute Gasteiger partial charge is 0.250 e. The van der Waals surface area contributed by atoms with Crippen LogP contribution < -0.4 is 10.5 Å². The van der Waals surface area contributed by atoms with Crippen LogP contribution >= 0.6 is 11.3 Å². The normalized spacial score (nSPS) is 14.0. The van der Waals surface area contributed by atoms with Crippen LogP contribution in [-0.4, -0.2) is 14.5 Å². The molecule has 1 aromatic heterocycles. The van der Waals surface area contributed by atoms with E-state index in [0.29, 0.717) is 5.69 Å². The average molecular weight is 248 g/mol. The van der Waals surface area contributed by atoms with Gasteiger partial charge in [-0.1, -0.05) is 13.3 Å². The zero-order chi connectivity index (χ0) is 11.5. The summed E-state index contributed by atoms with van der Waals surface area (Å²) in [5.74, 6) is 0. The van der Waals surface area contributed by atoms with Crippen molar-refractivity contribution < 1.29 is 8.42 Å². The van der Waals surface area contributed by atoms with E-state index in [1.54, 1.807) is 5.38 Å². The summed E-state index contributed by atoms with van der Waals surface area (Å²) >= 11 is 1.14. The number of nitrogen functional groups attached to an aromatic ring is 1. The Morgan fingerprint density at radius 3 is 2.73 bits per heavy atom. The number of hydrogen-bond acceptors (Lipinski definition) is 4. The number of nitrogens with two attached hydrogens (primary N) is 1. The van der Waals surface area contributed by atoms with Crippen molar-refractivity contribution in [2.75, 3.05) is 5.73 Å². The van der Waals surface area contributed by atoms with Crippen molar-refractivity contribution in [1.29, 1.82) is 0 Å². The summed E-state index contributed by atoms with van der Waals surface area (Å²) in [5.41, 5.74) is 5.97. The maximum Gasteiger partial charge on any atom is 0.250 e. The topological polar surface area (TPSA) is 72.2 Å². The highest BCUT2D eigenvalue weighted by Gasteiger charge is 2.18. The third-order valence-electron chi connectivity index (χ3n) is 1.94. The molecule has 0 fully saturated rings. The number of sulfonamides is 1. The van der Waals surface area contributed by atoms with Gasteiger partial charge in [0.2, 0.25) is 10.0 Å². The molecule has 0 aliphatic rings. The van der Waals surface area contributed by atoms with Gasteiger partial charge < -0.3 is 5.73 Å². The first-order chi connectivity index (χ1) is 6.95. The van der Waals surface area contributed by atoms with Crippen molar-refractivity contribution >= 4 is 27.0 Å². The van der Waals surface area contributed by atoms with Crippen molar-refractivity contribution in [3.05, 3.63) is 11.4 Å². The van der Waals surface area contributed by atoms with Gasteiger partial charge in [-0.05, 0) is 19.4 Å². The second-order valence-electron chi connectivity index (χ2n) is 3.51. The van der Waals surface area contributed by atoms with E-state index in [1.807, 2.05) is 13.8 Å². The van der Waals surface area contributed by atoms with Crippen molar-refractivity contribution in [2.24, 2.45) is 0 Å². The number of thiophene rings is 1. The van der Waals surface area contributed by atoms with E-state index in [1.165, 1.54) is 6.07 Å². The molecule has 0 radical (unpaired) electrons. The van der Waals surface area contributed by atoms with Crippen LogP contribution in [0.15, 0.2) is 15.7 Å². The van der Waals surface area contributed by atoms with Crippen molar-refractivity contribution in [1.82, 2.24) is 4.72 Å². The van der Waals surface area contributed by atoms with Crippen LogP contribution in [0.3, 0.4) is 0 Å². The van der Waals surface area contributed by atoms with E-state index in [9.17, 15) is 8.42 Å². The van der Waals surface area contributed by atoms with Crippen molar-refractivity contribution in [3.63, 3.8) is 0 Å². The first kappa shape index (κ1) is 12.5. The van der Waals surface area contributed by atoms with E-state index in [-0.39, 0.29) is 10.3 Å². The molecule has 0 saturated heterocycles. The molecule has 6 heteroatoms. The quantitative estimate of drug-likeness (QED) is 0.834. The first-order valence-electron chi connectivity index (χ1n) is 4.82. The van der Waals surface area contributed by atoms with Gasteiger partial charge in [0, 0.05) is 17.1 Å². The van der Waals surface area contributed by atoms with Gasteiger partial charge >= 0.3 is 0 Å². The van der Waals surface area contributed by atoms with Crippen LogP contribution in [-0.2, 0) is 10.0 Å². The SMILES string of the molecule is CCCC(C)NS(=O)(=O)c1cc(N)cs1. The van der Waals surface area contributed by atoms with Gasteiger partial charge in [0.25, 0.3) is 0 Å². The van der Waals surface area contributed by atoms with Crippen LogP contribution in [0.25, 0.3) is 0 Å². The molecule has 1 aromatic rings. The predicted molar refractivity (Wildman–Crippen MR) is 63.4 cm³/mol. The average Bonchev–Trinajstić information content (AvgIpc) is 2.51. The molecule has 1 unspecified atom stereocenters. The fourth-order valence-corrected chi connectivity index (χ4v) is 3.66. The standard InChI is InChI=1S/C9H16N2O2S2/c1-3-4-7(2)11-15(12,13)9-5-8(10)6-14-9/h5-7,11H,3-4,10H2,1-2H3. The summed E-state index contributed by atoms with van der Waals surface area (Å²) < 4.78 is 26.4. The van der Waals surface area contributed by atoms with Gasteiger partial charge in [0.15, 0.2) is 0 Å². The molecule has 4 nitrogen and oxygen atoms in total. The van der Waals surface area contributed by atoms with Gasteiger partial charge in [0.05, 0.1) is 0 Å². The fourth-order valence-electron chi connectivity index (χ4n) is 1.29. The molecular formula is C9H16N2O2S2. The Kier molecular flexibility index (Phi) is 4.12. The predicted octanol–water partition coefficient (Wildman–Crippen LogP) is 1.80. The van der Waals surface area contributed by atoms with E-state index >= 15 is 0 Å². The Hall–Kier alpha value is -0.590. The highest BCUT2D eigenvalue weighted by Crippen LogP contribution is 2.21. The van der Waals surface area contributed by atoms with E-state index in [2.05, 4.69) is 4.72 Å². The van der Waals surface area contributed by atoms with Crippen LogP contribution in [0.5, 0.6) is 0 Å². The number of nitrogens with one attached hydrogen (secondary N) is 1. The zero-order valence-electron chi connectivity index (χ0n) is 8.86. The van der Waals surface area contributed by atoms with Crippen molar-refractivity contribution in [2.45, 2.75) is 36.9 Å². The second-order valence-corrected chi connectivity index (χ2v) is 6.36. The van der Waals surface area contributed by atoms with Crippen LogP contribution in [0, 0.1) is 0 Å². The minimum Gasteiger partial charge on any atom is -0.398 e. The molecule has 0 aromatic carbocycles. The lowest BCUT2D eigenvalue weighted by Crippen LogP contribution is -2.31. The molecule has 0 saturated carbocycles. The summed E-state index contributed by atoms with van der Waals surface area (Å²) in [4.78, 5) is 0. The van der Waals surface area contributed by atoms with E-state index in [0.717, 1.165) is 24.2 Å². The molecule has 1 rings (SSSR count). The Labute approximate surface area is 94.5 Å². The fraction of sp³-hybridized carbons (Fsp3) is 0.556. The molecular weight excluding hydrogens is 232 g/mol. The number of hydrogen-bond donors (Lipinski definition) is 2.